The molecule has 2 N–H and O–H groups in total. The molecule has 24 heavy (non-hydrogen) atoms. The van der Waals surface area contributed by atoms with Crippen molar-refractivity contribution in [2.45, 2.75) is 57.1 Å². The van der Waals surface area contributed by atoms with Gasteiger partial charge in [-0.05, 0) is 63.6 Å². The summed E-state index contributed by atoms with van der Waals surface area (Å²) in [4.78, 5) is 20.8. The molecule has 3 fully saturated rings. The Labute approximate surface area is 144 Å². The SMILES string of the molecule is CCN1CC[C@@H](NCC2CC2)[C@]2(CC(C(=O)NCC3CC3)=NO2)C1. The van der Waals surface area contributed by atoms with E-state index in [-0.39, 0.29) is 11.5 Å². The van der Waals surface area contributed by atoms with Gasteiger partial charge in [-0.2, -0.15) is 0 Å². The van der Waals surface area contributed by atoms with Crippen LogP contribution in [-0.4, -0.2) is 60.9 Å². The quantitative estimate of drug-likeness (QED) is 0.732. The fraction of sp³-hybridized carbons (Fsp3) is 0.889. The van der Waals surface area contributed by atoms with Crippen molar-refractivity contribution in [2.75, 3.05) is 32.7 Å². The Morgan fingerprint density at radius 2 is 2.00 bits per heavy atom. The molecule has 0 aromatic heterocycles. The smallest absolute Gasteiger partial charge is 0.269 e. The summed E-state index contributed by atoms with van der Waals surface area (Å²) in [6.07, 6.45) is 6.87. The second-order valence-electron chi connectivity index (χ2n) is 8.09. The molecule has 4 rings (SSSR count). The number of amides is 1. The molecule has 2 aliphatic carbocycles. The normalized spacial score (nSPS) is 33.4. The molecule has 1 amide bonds. The summed E-state index contributed by atoms with van der Waals surface area (Å²) in [7, 11) is 0. The van der Waals surface area contributed by atoms with Crippen LogP contribution in [0.5, 0.6) is 0 Å². The van der Waals surface area contributed by atoms with E-state index >= 15 is 0 Å². The van der Waals surface area contributed by atoms with Gasteiger partial charge >= 0.3 is 0 Å². The third-order valence-electron chi connectivity index (χ3n) is 5.97. The Morgan fingerprint density at radius 3 is 2.71 bits per heavy atom. The highest BCUT2D eigenvalue weighted by Crippen LogP contribution is 2.35. The third kappa shape index (κ3) is 3.59. The van der Waals surface area contributed by atoms with Crippen molar-refractivity contribution in [3.63, 3.8) is 0 Å². The van der Waals surface area contributed by atoms with Gasteiger partial charge in [0, 0.05) is 19.5 Å². The van der Waals surface area contributed by atoms with Gasteiger partial charge in [-0.3, -0.25) is 9.69 Å². The van der Waals surface area contributed by atoms with Crippen LogP contribution in [0.3, 0.4) is 0 Å². The highest BCUT2D eigenvalue weighted by molar-refractivity contribution is 6.39. The highest BCUT2D eigenvalue weighted by Gasteiger charge is 2.51. The Balaban J connectivity index is 1.38. The number of piperidine rings is 1. The number of hydrogen-bond donors (Lipinski definition) is 2. The van der Waals surface area contributed by atoms with Crippen LogP contribution in [0.1, 0.15) is 45.4 Å². The largest absolute Gasteiger partial charge is 0.385 e. The maximum Gasteiger partial charge on any atom is 0.269 e. The Bertz CT molecular complexity index is 515. The molecule has 1 saturated heterocycles. The van der Waals surface area contributed by atoms with Gasteiger partial charge in [-0.15, -0.1) is 0 Å². The van der Waals surface area contributed by atoms with E-state index in [1.165, 1.54) is 25.7 Å². The first-order valence-electron chi connectivity index (χ1n) is 9.67. The summed E-state index contributed by atoms with van der Waals surface area (Å²) < 4.78 is 0. The maximum absolute atomic E-state index is 12.4. The minimum atomic E-state index is -0.366. The second-order valence-corrected chi connectivity index (χ2v) is 8.09. The summed E-state index contributed by atoms with van der Waals surface area (Å²) in [5, 5.41) is 11.0. The van der Waals surface area contributed by atoms with Crippen LogP contribution in [0, 0.1) is 11.8 Å². The molecule has 2 aliphatic heterocycles. The van der Waals surface area contributed by atoms with Crippen LogP contribution >= 0.6 is 0 Å². The van der Waals surface area contributed by atoms with Gasteiger partial charge < -0.3 is 15.5 Å². The fourth-order valence-corrected chi connectivity index (χ4v) is 3.88. The summed E-state index contributed by atoms with van der Waals surface area (Å²) in [5.41, 5.74) is 0.210. The lowest BCUT2D eigenvalue weighted by Crippen LogP contribution is -2.62. The van der Waals surface area contributed by atoms with E-state index in [1.807, 2.05) is 0 Å². The Morgan fingerprint density at radius 1 is 1.25 bits per heavy atom. The molecule has 2 saturated carbocycles. The van der Waals surface area contributed by atoms with Crippen molar-refractivity contribution in [3.8, 4) is 0 Å². The summed E-state index contributed by atoms with van der Waals surface area (Å²) in [6, 6.07) is 0.290. The molecule has 0 aromatic rings. The van der Waals surface area contributed by atoms with Crippen LogP contribution in [0.4, 0.5) is 0 Å². The van der Waals surface area contributed by atoms with Crippen molar-refractivity contribution in [2.24, 2.45) is 17.0 Å². The monoisotopic (exact) mass is 334 g/mol. The molecule has 2 heterocycles. The molecule has 2 atom stereocenters. The van der Waals surface area contributed by atoms with E-state index in [0.717, 1.165) is 45.1 Å². The number of likely N-dealkylation sites (tertiary alicyclic amines) is 1. The first-order valence-corrected chi connectivity index (χ1v) is 9.67. The summed E-state index contributed by atoms with van der Waals surface area (Å²) >= 11 is 0. The van der Waals surface area contributed by atoms with Crippen LogP contribution < -0.4 is 10.6 Å². The van der Waals surface area contributed by atoms with E-state index in [9.17, 15) is 4.79 Å². The molecule has 0 bridgehead atoms. The molecule has 6 heteroatoms. The number of oxime groups is 1. The first-order chi connectivity index (χ1) is 11.7. The van der Waals surface area contributed by atoms with Crippen molar-refractivity contribution in [1.29, 1.82) is 0 Å². The highest BCUT2D eigenvalue weighted by atomic mass is 16.7. The lowest BCUT2D eigenvalue weighted by Gasteiger charge is -2.44. The van der Waals surface area contributed by atoms with Crippen molar-refractivity contribution in [1.82, 2.24) is 15.5 Å². The third-order valence-corrected chi connectivity index (χ3v) is 5.97. The van der Waals surface area contributed by atoms with Gasteiger partial charge in [-0.1, -0.05) is 12.1 Å². The number of rotatable bonds is 7. The number of nitrogens with zero attached hydrogens (tertiary/aromatic N) is 2. The van der Waals surface area contributed by atoms with Gasteiger partial charge in [-0.25, -0.2) is 0 Å². The number of likely N-dealkylation sites (N-methyl/N-ethyl adjacent to an activating group) is 1. The van der Waals surface area contributed by atoms with Gasteiger partial charge in [0.1, 0.15) is 5.71 Å². The van der Waals surface area contributed by atoms with E-state index in [4.69, 9.17) is 4.84 Å². The van der Waals surface area contributed by atoms with E-state index in [1.54, 1.807) is 0 Å². The predicted molar refractivity (Wildman–Crippen MR) is 92.8 cm³/mol. The lowest BCUT2D eigenvalue weighted by atomic mass is 9.83. The van der Waals surface area contributed by atoms with Crippen molar-refractivity contribution < 1.29 is 9.63 Å². The van der Waals surface area contributed by atoms with Gasteiger partial charge in [0.2, 0.25) is 0 Å². The van der Waals surface area contributed by atoms with E-state index in [2.05, 4.69) is 27.6 Å². The second kappa shape index (κ2) is 6.64. The van der Waals surface area contributed by atoms with Gasteiger partial charge in [0.05, 0.1) is 6.04 Å². The molecule has 4 aliphatic rings. The zero-order valence-corrected chi connectivity index (χ0v) is 14.7. The molecule has 1 spiro atoms. The number of carbonyl (C=O) groups excluding carboxylic acids is 1. The average Bonchev–Trinajstić information content (AvgIpc) is 3.51. The molecule has 0 aromatic carbocycles. The summed E-state index contributed by atoms with van der Waals surface area (Å²) in [5.74, 6) is 1.49. The van der Waals surface area contributed by atoms with Crippen LogP contribution in [0.25, 0.3) is 0 Å². The minimum absolute atomic E-state index is 0.0339. The number of carbonyl (C=O) groups is 1. The topological polar surface area (TPSA) is 66.0 Å². The Hall–Kier alpha value is -1.14. The minimum Gasteiger partial charge on any atom is -0.385 e. The van der Waals surface area contributed by atoms with E-state index in [0.29, 0.717) is 24.1 Å². The van der Waals surface area contributed by atoms with Crippen LogP contribution in [-0.2, 0) is 9.63 Å². The number of hydrogen-bond acceptors (Lipinski definition) is 5. The molecular weight excluding hydrogens is 304 g/mol. The predicted octanol–water partition coefficient (Wildman–Crippen LogP) is 1.12. The Kier molecular flexibility index (Phi) is 4.52. The van der Waals surface area contributed by atoms with Gasteiger partial charge in [0.15, 0.2) is 5.60 Å². The lowest BCUT2D eigenvalue weighted by molar-refractivity contribution is -0.115. The zero-order chi connectivity index (χ0) is 16.6. The molecule has 0 radical (unpaired) electrons. The molecule has 6 nitrogen and oxygen atoms in total. The van der Waals surface area contributed by atoms with Crippen LogP contribution in [0.15, 0.2) is 5.16 Å². The fourth-order valence-electron chi connectivity index (χ4n) is 3.88. The average molecular weight is 334 g/mol. The standard InChI is InChI=1S/C18H30N4O2/c1-2-22-8-7-16(19-10-13-3-4-13)18(12-22)9-15(21-24-18)17(23)20-11-14-5-6-14/h13-14,16,19H,2-12H2,1H3,(H,20,23)/t16-,18+/m1/s1. The van der Waals surface area contributed by atoms with Crippen molar-refractivity contribution >= 4 is 11.6 Å². The van der Waals surface area contributed by atoms with E-state index < -0.39 is 0 Å². The van der Waals surface area contributed by atoms with Crippen LogP contribution in [0.2, 0.25) is 0 Å². The molecule has 134 valence electrons. The first kappa shape index (κ1) is 16.3. The van der Waals surface area contributed by atoms with Gasteiger partial charge in [0.25, 0.3) is 5.91 Å². The zero-order valence-electron chi connectivity index (χ0n) is 14.7. The number of nitrogens with one attached hydrogen (secondary N) is 2. The molecular formula is C18H30N4O2. The summed E-state index contributed by atoms with van der Waals surface area (Å²) in [6.45, 7) is 7.01. The molecule has 0 unspecified atom stereocenters. The van der Waals surface area contributed by atoms with Crippen molar-refractivity contribution in [3.05, 3.63) is 0 Å². The maximum atomic E-state index is 12.4.